The Bertz CT molecular complexity index is 832. The highest BCUT2D eigenvalue weighted by Gasteiger charge is 2.26. The smallest absolute Gasteiger partial charge is 0.243 e. The molecule has 2 rings (SSSR count). The summed E-state index contributed by atoms with van der Waals surface area (Å²) in [7, 11) is -0.942. The van der Waals surface area contributed by atoms with Crippen molar-refractivity contribution < 1.29 is 27.2 Å². The van der Waals surface area contributed by atoms with E-state index in [1.165, 1.54) is 32.4 Å². The molecular weight excluding hydrogens is 362 g/mol. The third-order valence-electron chi connectivity index (χ3n) is 3.46. The second-order valence-electron chi connectivity index (χ2n) is 5.38. The Balaban J connectivity index is 2.17. The number of sulfonamides is 1. The number of ether oxygens (including phenoxy) is 2. The molecule has 0 unspecified atom stereocenters. The Morgan fingerprint density at radius 1 is 1.27 bits per heavy atom. The minimum Gasteiger partial charge on any atom is -0.497 e. The van der Waals surface area contributed by atoms with E-state index in [1.807, 2.05) is 0 Å². The van der Waals surface area contributed by atoms with Gasteiger partial charge in [-0.2, -0.15) is 4.31 Å². The van der Waals surface area contributed by atoms with Crippen LogP contribution < -0.4 is 10.1 Å². The molecule has 0 aliphatic rings. The van der Waals surface area contributed by atoms with Gasteiger partial charge in [-0.15, -0.1) is 0 Å². The molecule has 0 aliphatic carbocycles. The zero-order valence-corrected chi connectivity index (χ0v) is 15.6. The molecule has 0 radical (unpaired) electrons. The van der Waals surface area contributed by atoms with E-state index >= 15 is 0 Å². The first-order chi connectivity index (χ1) is 12.4. The third-order valence-corrected chi connectivity index (χ3v) is 5.32. The lowest BCUT2D eigenvalue weighted by atomic mass is 10.3. The number of hydrogen-bond acceptors (Lipinski definition) is 7. The first-order valence-electron chi connectivity index (χ1n) is 7.73. The van der Waals surface area contributed by atoms with E-state index in [-0.39, 0.29) is 30.4 Å². The Kier molecular flexibility index (Phi) is 6.72. The lowest BCUT2D eigenvalue weighted by Crippen LogP contribution is -2.40. The van der Waals surface area contributed by atoms with Crippen molar-refractivity contribution in [1.82, 2.24) is 9.46 Å². The highest BCUT2D eigenvalue weighted by molar-refractivity contribution is 7.89. The Morgan fingerprint density at radius 3 is 2.50 bits per heavy atom. The van der Waals surface area contributed by atoms with Crippen LogP contribution in [0.15, 0.2) is 39.8 Å². The fraction of sp³-hybridized carbons (Fsp3) is 0.375. The molecule has 10 heteroatoms. The van der Waals surface area contributed by atoms with Crippen LogP contribution in [0.25, 0.3) is 0 Å². The minimum atomic E-state index is -3.89. The fourth-order valence-corrected chi connectivity index (χ4v) is 3.52. The van der Waals surface area contributed by atoms with Gasteiger partial charge in [0, 0.05) is 19.7 Å². The number of carbonyl (C=O) groups excluding carboxylic acids is 1. The second kappa shape index (κ2) is 8.79. The summed E-state index contributed by atoms with van der Waals surface area (Å²) in [6.45, 7) is 1.47. The molecule has 0 spiro atoms. The van der Waals surface area contributed by atoms with E-state index in [1.54, 1.807) is 19.1 Å². The maximum absolute atomic E-state index is 12.8. The van der Waals surface area contributed by atoms with Gasteiger partial charge in [-0.05, 0) is 31.2 Å². The van der Waals surface area contributed by atoms with Gasteiger partial charge in [0.05, 0.1) is 25.2 Å². The number of methoxy groups -OCH3 is 2. The molecule has 2 aromatic rings. The van der Waals surface area contributed by atoms with Crippen molar-refractivity contribution in [3.8, 4) is 5.75 Å². The van der Waals surface area contributed by atoms with E-state index in [2.05, 4.69) is 10.5 Å². The summed E-state index contributed by atoms with van der Waals surface area (Å²) >= 11 is 0. The van der Waals surface area contributed by atoms with Crippen LogP contribution in [-0.4, -0.2) is 57.7 Å². The predicted molar refractivity (Wildman–Crippen MR) is 93.5 cm³/mol. The largest absolute Gasteiger partial charge is 0.497 e. The van der Waals surface area contributed by atoms with Crippen molar-refractivity contribution in [3.63, 3.8) is 0 Å². The maximum Gasteiger partial charge on any atom is 0.243 e. The minimum absolute atomic E-state index is 0.0239. The molecule has 0 atom stereocenters. The van der Waals surface area contributed by atoms with Crippen molar-refractivity contribution in [2.45, 2.75) is 11.8 Å². The normalized spacial score (nSPS) is 11.5. The van der Waals surface area contributed by atoms with Crippen molar-refractivity contribution in [2.24, 2.45) is 0 Å². The number of hydrogen-bond donors (Lipinski definition) is 1. The summed E-state index contributed by atoms with van der Waals surface area (Å²) in [5.74, 6) is 0.751. The van der Waals surface area contributed by atoms with E-state index < -0.39 is 15.9 Å². The average Bonchev–Trinajstić information content (AvgIpc) is 3.03. The first-order valence-corrected chi connectivity index (χ1v) is 9.17. The average molecular weight is 383 g/mol. The van der Waals surface area contributed by atoms with Gasteiger partial charge in [-0.25, -0.2) is 8.42 Å². The summed E-state index contributed by atoms with van der Waals surface area (Å²) < 4.78 is 41.6. The number of aryl methyl sites for hydroxylation is 1. The monoisotopic (exact) mass is 383 g/mol. The molecule has 1 heterocycles. The fourth-order valence-electron chi connectivity index (χ4n) is 2.14. The third kappa shape index (κ3) is 5.04. The standard InChI is InChI=1S/C16H21N3O6S/c1-12-10-15(18-25-12)17-16(20)11-19(8-9-23-2)26(21,22)14-6-4-13(24-3)5-7-14/h4-7,10H,8-9,11H2,1-3H3,(H,17,18,20). The van der Waals surface area contributed by atoms with Gasteiger partial charge in [0.1, 0.15) is 11.5 Å². The van der Waals surface area contributed by atoms with Crippen LogP contribution in [0.1, 0.15) is 5.76 Å². The number of nitrogens with one attached hydrogen (secondary N) is 1. The molecule has 9 nitrogen and oxygen atoms in total. The molecule has 1 aromatic heterocycles. The highest BCUT2D eigenvalue weighted by atomic mass is 32.2. The molecule has 0 saturated carbocycles. The highest BCUT2D eigenvalue weighted by Crippen LogP contribution is 2.19. The Hall–Kier alpha value is -2.43. The summed E-state index contributed by atoms with van der Waals surface area (Å²) in [6.07, 6.45) is 0. The van der Waals surface area contributed by atoms with Gasteiger partial charge >= 0.3 is 0 Å². The number of benzene rings is 1. The zero-order chi connectivity index (χ0) is 19.2. The molecule has 1 amide bonds. The van der Waals surface area contributed by atoms with Crippen LogP contribution in [0.4, 0.5) is 5.82 Å². The van der Waals surface area contributed by atoms with E-state index in [4.69, 9.17) is 14.0 Å². The SMILES string of the molecule is COCCN(CC(=O)Nc1cc(C)on1)S(=O)(=O)c1ccc(OC)cc1. The van der Waals surface area contributed by atoms with Gasteiger partial charge in [0.15, 0.2) is 5.82 Å². The Morgan fingerprint density at radius 2 is 1.96 bits per heavy atom. The molecular formula is C16H21N3O6S. The summed E-state index contributed by atoms with van der Waals surface area (Å²) in [6, 6.07) is 7.47. The molecule has 26 heavy (non-hydrogen) atoms. The summed E-state index contributed by atoms with van der Waals surface area (Å²) in [5.41, 5.74) is 0. The van der Waals surface area contributed by atoms with Crippen molar-refractivity contribution >= 4 is 21.7 Å². The lowest BCUT2D eigenvalue weighted by Gasteiger charge is -2.21. The molecule has 0 fully saturated rings. The molecule has 0 saturated heterocycles. The van der Waals surface area contributed by atoms with E-state index in [0.717, 1.165) is 4.31 Å². The van der Waals surface area contributed by atoms with Crippen LogP contribution in [0, 0.1) is 6.92 Å². The predicted octanol–water partition coefficient (Wildman–Crippen LogP) is 1.27. The quantitative estimate of drug-likeness (QED) is 0.694. The summed E-state index contributed by atoms with van der Waals surface area (Å²) in [4.78, 5) is 12.3. The Labute approximate surface area is 151 Å². The van der Waals surface area contributed by atoms with Gasteiger partial charge in [0.2, 0.25) is 15.9 Å². The number of carbonyl (C=O) groups is 1. The summed E-state index contributed by atoms with van der Waals surface area (Å²) in [5, 5.41) is 6.15. The first kappa shape index (κ1) is 19.9. The van der Waals surface area contributed by atoms with Crippen molar-refractivity contribution in [1.29, 1.82) is 0 Å². The number of amides is 1. The zero-order valence-electron chi connectivity index (χ0n) is 14.8. The van der Waals surface area contributed by atoms with E-state index in [9.17, 15) is 13.2 Å². The molecule has 0 bridgehead atoms. The number of aromatic nitrogens is 1. The number of rotatable bonds is 9. The maximum atomic E-state index is 12.8. The van der Waals surface area contributed by atoms with Crippen LogP contribution in [0.5, 0.6) is 5.75 Å². The molecule has 1 N–H and O–H groups in total. The molecule has 0 aliphatic heterocycles. The molecule has 142 valence electrons. The van der Waals surface area contributed by atoms with Gasteiger partial charge < -0.3 is 19.3 Å². The van der Waals surface area contributed by atoms with E-state index in [0.29, 0.717) is 11.5 Å². The number of anilines is 1. The topological polar surface area (TPSA) is 111 Å². The van der Waals surface area contributed by atoms with Crippen LogP contribution in [0.3, 0.4) is 0 Å². The number of nitrogens with zero attached hydrogens (tertiary/aromatic N) is 2. The molecule has 1 aromatic carbocycles. The van der Waals surface area contributed by atoms with Crippen LogP contribution in [-0.2, 0) is 19.6 Å². The van der Waals surface area contributed by atoms with Crippen LogP contribution >= 0.6 is 0 Å². The van der Waals surface area contributed by atoms with Gasteiger partial charge in [-0.1, -0.05) is 5.16 Å². The van der Waals surface area contributed by atoms with Crippen molar-refractivity contribution in [2.75, 3.05) is 39.2 Å². The lowest BCUT2D eigenvalue weighted by molar-refractivity contribution is -0.116. The van der Waals surface area contributed by atoms with Gasteiger partial charge in [-0.3, -0.25) is 4.79 Å². The second-order valence-corrected chi connectivity index (χ2v) is 7.32. The van der Waals surface area contributed by atoms with Crippen LogP contribution in [0.2, 0.25) is 0 Å². The van der Waals surface area contributed by atoms with Gasteiger partial charge in [0.25, 0.3) is 0 Å². The van der Waals surface area contributed by atoms with Crippen molar-refractivity contribution in [3.05, 3.63) is 36.1 Å².